The molecule has 0 saturated carbocycles. The Labute approximate surface area is 122 Å². The number of H-pyrrole nitrogens is 1. The number of hydrogen-bond donors (Lipinski definition) is 1. The molecular formula is C16H17NO4. The summed E-state index contributed by atoms with van der Waals surface area (Å²) in [5, 5.41) is 1.11. The van der Waals surface area contributed by atoms with Crippen LogP contribution in [-0.2, 0) is 25.5 Å². The van der Waals surface area contributed by atoms with Crippen LogP contribution >= 0.6 is 0 Å². The van der Waals surface area contributed by atoms with Gasteiger partial charge in [-0.3, -0.25) is 4.79 Å². The molecule has 0 amide bonds. The van der Waals surface area contributed by atoms with E-state index in [1.165, 1.54) is 0 Å². The van der Waals surface area contributed by atoms with Gasteiger partial charge in [-0.15, -0.1) is 0 Å². The van der Waals surface area contributed by atoms with E-state index in [0.29, 0.717) is 12.8 Å². The van der Waals surface area contributed by atoms with E-state index < -0.39 is 12.1 Å². The first kappa shape index (κ1) is 13.7. The van der Waals surface area contributed by atoms with Crippen LogP contribution in [0.1, 0.15) is 25.3 Å². The number of para-hydroxylation sites is 1. The zero-order chi connectivity index (χ0) is 14.8. The summed E-state index contributed by atoms with van der Waals surface area (Å²) in [6.45, 7) is 1.79. The standard InChI is InChI=1S/C16H17NO4/c1-10-8-14(16(19)20-10)21-15(18)7-6-11-9-17-13-5-3-2-4-12(11)13/h2-5,9-10,14,17H,6-8H2,1H3. The molecule has 2 heterocycles. The van der Waals surface area contributed by atoms with Crippen LogP contribution in [0.15, 0.2) is 30.5 Å². The van der Waals surface area contributed by atoms with E-state index in [1.54, 1.807) is 6.92 Å². The second-order valence-corrected chi connectivity index (χ2v) is 5.32. The first-order valence-electron chi connectivity index (χ1n) is 7.08. The molecule has 1 aliphatic heterocycles. The Kier molecular flexibility index (Phi) is 3.64. The molecule has 0 bridgehead atoms. The predicted molar refractivity (Wildman–Crippen MR) is 76.7 cm³/mol. The molecule has 1 saturated heterocycles. The second kappa shape index (κ2) is 5.60. The van der Waals surface area contributed by atoms with E-state index in [-0.39, 0.29) is 18.5 Å². The number of aromatic amines is 1. The highest BCUT2D eigenvalue weighted by Gasteiger charge is 2.34. The average molecular weight is 287 g/mol. The van der Waals surface area contributed by atoms with Gasteiger partial charge in [0.15, 0.2) is 0 Å². The molecule has 1 aliphatic rings. The zero-order valence-corrected chi connectivity index (χ0v) is 11.8. The van der Waals surface area contributed by atoms with Crippen LogP contribution in [0.25, 0.3) is 10.9 Å². The number of benzene rings is 1. The molecule has 1 fully saturated rings. The summed E-state index contributed by atoms with van der Waals surface area (Å²) in [6.07, 6.45) is 2.26. The smallest absolute Gasteiger partial charge is 0.347 e. The minimum atomic E-state index is -0.740. The lowest BCUT2D eigenvalue weighted by molar-refractivity contribution is -0.160. The minimum Gasteiger partial charge on any atom is -0.460 e. The molecule has 0 aliphatic carbocycles. The van der Waals surface area contributed by atoms with Crippen molar-refractivity contribution >= 4 is 22.8 Å². The highest BCUT2D eigenvalue weighted by atomic mass is 16.6. The van der Waals surface area contributed by atoms with Gasteiger partial charge < -0.3 is 14.5 Å². The molecule has 5 heteroatoms. The van der Waals surface area contributed by atoms with Gasteiger partial charge in [0.25, 0.3) is 0 Å². The molecule has 0 spiro atoms. The van der Waals surface area contributed by atoms with Crippen molar-refractivity contribution in [2.45, 2.75) is 38.4 Å². The highest BCUT2D eigenvalue weighted by molar-refractivity contribution is 5.84. The summed E-state index contributed by atoms with van der Waals surface area (Å²) >= 11 is 0. The van der Waals surface area contributed by atoms with Crippen LogP contribution < -0.4 is 0 Å². The number of ether oxygens (including phenoxy) is 2. The molecule has 2 unspecified atom stereocenters. The third-order valence-electron chi connectivity index (χ3n) is 3.67. The van der Waals surface area contributed by atoms with E-state index in [9.17, 15) is 9.59 Å². The van der Waals surface area contributed by atoms with Gasteiger partial charge in [0.2, 0.25) is 6.10 Å². The van der Waals surface area contributed by atoms with Gasteiger partial charge in [0.1, 0.15) is 6.10 Å². The van der Waals surface area contributed by atoms with Gasteiger partial charge in [0.05, 0.1) is 0 Å². The Balaban J connectivity index is 1.57. The Bertz CT molecular complexity index is 676. The van der Waals surface area contributed by atoms with Gasteiger partial charge >= 0.3 is 11.9 Å². The highest BCUT2D eigenvalue weighted by Crippen LogP contribution is 2.21. The van der Waals surface area contributed by atoms with Crippen molar-refractivity contribution in [2.24, 2.45) is 0 Å². The summed E-state index contributed by atoms with van der Waals surface area (Å²) in [6, 6.07) is 7.94. The first-order valence-corrected chi connectivity index (χ1v) is 7.08. The van der Waals surface area contributed by atoms with E-state index in [0.717, 1.165) is 16.5 Å². The van der Waals surface area contributed by atoms with Gasteiger partial charge in [0, 0.05) is 29.9 Å². The van der Waals surface area contributed by atoms with Gasteiger partial charge in [-0.25, -0.2) is 4.79 Å². The fourth-order valence-electron chi connectivity index (χ4n) is 2.61. The van der Waals surface area contributed by atoms with Crippen LogP contribution in [0.2, 0.25) is 0 Å². The number of carbonyl (C=O) groups excluding carboxylic acids is 2. The Morgan fingerprint density at radius 2 is 2.24 bits per heavy atom. The summed E-state index contributed by atoms with van der Waals surface area (Å²) in [5.74, 6) is -0.806. The number of esters is 2. The van der Waals surface area contributed by atoms with E-state index in [1.807, 2.05) is 30.5 Å². The van der Waals surface area contributed by atoms with Crippen LogP contribution in [0.4, 0.5) is 0 Å². The molecule has 1 aromatic carbocycles. The van der Waals surface area contributed by atoms with Crippen LogP contribution in [0.5, 0.6) is 0 Å². The van der Waals surface area contributed by atoms with Crippen LogP contribution in [-0.4, -0.2) is 29.1 Å². The van der Waals surface area contributed by atoms with Crippen molar-refractivity contribution in [1.82, 2.24) is 4.98 Å². The Morgan fingerprint density at radius 3 is 3.00 bits per heavy atom. The second-order valence-electron chi connectivity index (χ2n) is 5.32. The lowest BCUT2D eigenvalue weighted by Crippen LogP contribution is -2.22. The average Bonchev–Trinajstić information content (AvgIpc) is 3.00. The van der Waals surface area contributed by atoms with E-state index in [2.05, 4.69) is 4.98 Å². The number of rotatable bonds is 4. The summed E-state index contributed by atoms with van der Waals surface area (Å²) in [4.78, 5) is 26.4. The molecule has 3 rings (SSSR count). The number of aryl methyl sites for hydroxylation is 1. The van der Waals surface area contributed by atoms with Crippen molar-refractivity contribution in [3.63, 3.8) is 0 Å². The third kappa shape index (κ3) is 2.91. The number of nitrogens with one attached hydrogen (secondary N) is 1. The number of hydrogen-bond acceptors (Lipinski definition) is 4. The zero-order valence-electron chi connectivity index (χ0n) is 11.8. The molecule has 21 heavy (non-hydrogen) atoms. The number of fused-ring (bicyclic) bond motifs is 1. The fourth-order valence-corrected chi connectivity index (χ4v) is 2.61. The van der Waals surface area contributed by atoms with Crippen LogP contribution in [0, 0.1) is 0 Å². The van der Waals surface area contributed by atoms with E-state index in [4.69, 9.17) is 9.47 Å². The third-order valence-corrected chi connectivity index (χ3v) is 3.67. The lowest BCUT2D eigenvalue weighted by atomic mass is 10.1. The first-order chi connectivity index (χ1) is 10.1. The van der Waals surface area contributed by atoms with Crippen molar-refractivity contribution in [1.29, 1.82) is 0 Å². The quantitative estimate of drug-likeness (QED) is 0.876. The lowest BCUT2D eigenvalue weighted by Gasteiger charge is -2.07. The van der Waals surface area contributed by atoms with Crippen molar-refractivity contribution in [2.75, 3.05) is 0 Å². The predicted octanol–water partition coefficient (Wildman–Crippen LogP) is 2.35. The molecule has 2 aromatic rings. The number of carbonyl (C=O) groups is 2. The molecule has 2 atom stereocenters. The maximum atomic E-state index is 11.8. The topological polar surface area (TPSA) is 68.4 Å². The van der Waals surface area contributed by atoms with Crippen molar-refractivity contribution in [3.05, 3.63) is 36.0 Å². The Morgan fingerprint density at radius 1 is 1.43 bits per heavy atom. The summed E-state index contributed by atoms with van der Waals surface area (Å²) < 4.78 is 10.1. The van der Waals surface area contributed by atoms with Crippen molar-refractivity contribution in [3.8, 4) is 0 Å². The number of aromatic nitrogens is 1. The molecule has 0 radical (unpaired) electrons. The fraction of sp³-hybridized carbons (Fsp3) is 0.375. The Hall–Kier alpha value is -2.30. The van der Waals surface area contributed by atoms with Gasteiger partial charge in [-0.2, -0.15) is 0 Å². The largest absolute Gasteiger partial charge is 0.460 e. The maximum absolute atomic E-state index is 11.8. The monoisotopic (exact) mass is 287 g/mol. The molecule has 110 valence electrons. The van der Waals surface area contributed by atoms with Gasteiger partial charge in [-0.1, -0.05) is 18.2 Å². The molecule has 1 aromatic heterocycles. The molecule has 5 nitrogen and oxygen atoms in total. The maximum Gasteiger partial charge on any atom is 0.347 e. The number of cyclic esters (lactones) is 1. The van der Waals surface area contributed by atoms with Gasteiger partial charge in [-0.05, 0) is 25.0 Å². The van der Waals surface area contributed by atoms with Crippen molar-refractivity contribution < 1.29 is 19.1 Å². The molecule has 1 N–H and O–H groups in total. The summed E-state index contributed by atoms with van der Waals surface area (Å²) in [7, 11) is 0. The minimum absolute atomic E-state index is 0.177. The SMILES string of the molecule is CC1CC(OC(=O)CCc2c[nH]c3ccccc23)C(=O)O1. The summed E-state index contributed by atoms with van der Waals surface area (Å²) in [5.41, 5.74) is 2.12. The normalized spacial score (nSPS) is 21.5. The van der Waals surface area contributed by atoms with E-state index >= 15 is 0 Å². The van der Waals surface area contributed by atoms with Crippen LogP contribution in [0.3, 0.4) is 0 Å². The molecular weight excluding hydrogens is 270 g/mol.